The van der Waals surface area contributed by atoms with Crippen molar-refractivity contribution in [3.63, 3.8) is 0 Å². The van der Waals surface area contributed by atoms with Crippen LogP contribution in [0.1, 0.15) is 44.3 Å². The third-order valence-electron chi connectivity index (χ3n) is 9.54. The van der Waals surface area contributed by atoms with Gasteiger partial charge in [0.15, 0.2) is 11.5 Å². The molecule has 1 unspecified atom stereocenters. The number of pyridine rings is 4. The van der Waals surface area contributed by atoms with Crippen LogP contribution in [0.15, 0.2) is 131 Å². The molecule has 58 heavy (non-hydrogen) atoms. The first kappa shape index (κ1) is 37.5. The molecule has 2 amide bonds. The van der Waals surface area contributed by atoms with Crippen LogP contribution in [0.3, 0.4) is 0 Å². The molecule has 6 heterocycles. The molecule has 7 aromatic rings. The fourth-order valence-electron chi connectivity index (χ4n) is 6.75. The van der Waals surface area contributed by atoms with Crippen LogP contribution in [0.4, 0.5) is 5.82 Å². The SMILES string of the molecule is COc1cc2nccc(Oc3ccc(NC(=O)c4c(-c5ncc(C6CC=CC=N6)cc5C(N)=O)c(-c5cccs5)cn(Cc5ccccc5)c4=O)nc3)c2cc1OC. The van der Waals surface area contributed by atoms with Crippen molar-refractivity contribution in [3.05, 3.63) is 154 Å². The van der Waals surface area contributed by atoms with Crippen LogP contribution in [-0.2, 0) is 6.54 Å². The van der Waals surface area contributed by atoms with E-state index < -0.39 is 17.4 Å². The Balaban J connectivity index is 1.21. The smallest absolute Gasteiger partial charge is 0.264 e. The average molecular weight is 790 g/mol. The number of thiophene rings is 1. The van der Waals surface area contributed by atoms with Crippen molar-refractivity contribution in [2.45, 2.75) is 19.0 Å². The Morgan fingerprint density at radius 2 is 1.76 bits per heavy atom. The zero-order chi connectivity index (χ0) is 40.2. The van der Waals surface area contributed by atoms with Gasteiger partial charge in [0.2, 0.25) is 0 Å². The van der Waals surface area contributed by atoms with Crippen molar-refractivity contribution in [3.8, 4) is 44.7 Å². The van der Waals surface area contributed by atoms with Gasteiger partial charge in [-0.05, 0) is 65.4 Å². The molecule has 0 spiro atoms. The number of methoxy groups -OCH3 is 2. The third-order valence-corrected chi connectivity index (χ3v) is 10.4. The number of ether oxygens (including phenoxy) is 3. The molecule has 0 fully saturated rings. The van der Waals surface area contributed by atoms with Gasteiger partial charge in [0.1, 0.15) is 22.9 Å². The van der Waals surface area contributed by atoms with Gasteiger partial charge < -0.3 is 29.8 Å². The van der Waals surface area contributed by atoms with Gasteiger partial charge in [0, 0.05) is 52.3 Å². The number of nitrogens with one attached hydrogen (secondary N) is 1. The molecule has 14 heteroatoms. The summed E-state index contributed by atoms with van der Waals surface area (Å²) in [6, 6.07) is 23.0. The third kappa shape index (κ3) is 7.55. The second kappa shape index (κ2) is 16.3. The number of nitrogens with two attached hydrogens (primary N) is 1. The first-order valence-corrected chi connectivity index (χ1v) is 19.0. The molecule has 0 saturated heterocycles. The summed E-state index contributed by atoms with van der Waals surface area (Å²) in [7, 11) is 3.10. The molecule has 288 valence electrons. The van der Waals surface area contributed by atoms with E-state index in [1.807, 2.05) is 60.0 Å². The van der Waals surface area contributed by atoms with Crippen LogP contribution >= 0.6 is 11.3 Å². The number of rotatable bonds is 12. The first-order chi connectivity index (χ1) is 28.3. The lowest BCUT2D eigenvalue weighted by Gasteiger charge is -2.20. The summed E-state index contributed by atoms with van der Waals surface area (Å²) in [5.74, 6) is 0.529. The molecule has 2 aromatic carbocycles. The molecule has 13 nitrogen and oxygen atoms in total. The summed E-state index contributed by atoms with van der Waals surface area (Å²) in [4.78, 5) is 61.3. The van der Waals surface area contributed by atoms with E-state index in [1.165, 1.54) is 22.1 Å². The highest BCUT2D eigenvalue weighted by atomic mass is 32.1. The predicted molar refractivity (Wildman–Crippen MR) is 223 cm³/mol. The molecule has 0 bridgehead atoms. The fraction of sp³-hybridized carbons (Fsp3) is 0.114. The summed E-state index contributed by atoms with van der Waals surface area (Å²) in [5, 5.41) is 5.38. The molecule has 0 radical (unpaired) electrons. The number of primary amides is 1. The van der Waals surface area contributed by atoms with E-state index in [0.29, 0.717) is 51.4 Å². The molecule has 1 aliphatic heterocycles. The highest BCUT2D eigenvalue weighted by Gasteiger charge is 2.29. The maximum atomic E-state index is 14.6. The number of hydrogen-bond acceptors (Lipinski definition) is 11. The lowest BCUT2D eigenvalue weighted by molar-refractivity contribution is 0.0996. The lowest BCUT2D eigenvalue weighted by Crippen LogP contribution is -2.31. The fourth-order valence-corrected chi connectivity index (χ4v) is 7.49. The zero-order valence-electron chi connectivity index (χ0n) is 31.3. The second-order valence-electron chi connectivity index (χ2n) is 13.2. The molecular weight excluding hydrogens is 755 g/mol. The van der Waals surface area contributed by atoms with Gasteiger partial charge in [-0.15, -0.1) is 11.3 Å². The van der Waals surface area contributed by atoms with E-state index in [1.54, 1.807) is 75.4 Å². The van der Waals surface area contributed by atoms with Gasteiger partial charge in [-0.25, -0.2) is 4.98 Å². The minimum atomic E-state index is -0.770. The summed E-state index contributed by atoms with van der Waals surface area (Å²) < 4.78 is 18.6. The molecule has 5 aromatic heterocycles. The maximum Gasteiger partial charge on any atom is 0.264 e. The molecular formula is C44H35N7O6S. The van der Waals surface area contributed by atoms with Crippen LogP contribution in [-0.4, -0.2) is 51.8 Å². The highest BCUT2D eigenvalue weighted by molar-refractivity contribution is 7.13. The van der Waals surface area contributed by atoms with Crippen LogP contribution in [0.5, 0.6) is 23.0 Å². The Bertz CT molecular complexity index is 2790. The number of amides is 2. The maximum absolute atomic E-state index is 14.6. The second-order valence-corrected chi connectivity index (χ2v) is 14.1. The zero-order valence-corrected chi connectivity index (χ0v) is 32.1. The Morgan fingerprint density at radius 3 is 2.47 bits per heavy atom. The number of dihydropyridines is 1. The summed E-state index contributed by atoms with van der Waals surface area (Å²) in [6.07, 6.45) is 12.5. The van der Waals surface area contributed by atoms with E-state index in [-0.39, 0.29) is 40.8 Å². The van der Waals surface area contributed by atoms with Gasteiger partial charge in [0.05, 0.1) is 49.8 Å². The van der Waals surface area contributed by atoms with Crippen LogP contribution < -0.4 is 30.8 Å². The number of aliphatic imine (C=N–C) groups is 1. The molecule has 8 rings (SSSR count). The number of hydrogen-bond donors (Lipinski definition) is 2. The first-order valence-electron chi connectivity index (χ1n) is 18.1. The molecule has 0 aliphatic carbocycles. The number of anilines is 1. The number of allylic oxidation sites excluding steroid dienone is 1. The topological polar surface area (TPSA) is 173 Å². The lowest BCUT2D eigenvalue weighted by atomic mass is 9.93. The number of benzene rings is 2. The van der Waals surface area contributed by atoms with Gasteiger partial charge in [-0.1, -0.05) is 42.5 Å². The van der Waals surface area contributed by atoms with Crippen molar-refractivity contribution < 1.29 is 23.8 Å². The van der Waals surface area contributed by atoms with Gasteiger partial charge >= 0.3 is 0 Å². The van der Waals surface area contributed by atoms with E-state index in [4.69, 9.17) is 24.9 Å². The van der Waals surface area contributed by atoms with Gasteiger partial charge in [0.25, 0.3) is 17.4 Å². The van der Waals surface area contributed by atoms with E-state index >= 15 is 0 Å². The van der Waals surface area contributed by atoms with Crippen molar-refractivity contribution >= 4 is 46.1 Å². The van der Waals surface area contributed by atoms with Crippen LogP contribution in [0.2, 0.25) is 0 Å². The van der Waals surface area contributed by atoms with E-state index in [9.17, 15) is 14.4 Å². The standard InChI is InChI=1S/C44H35N7O6S/c1-55-35-20-29-33(21-36(35)56-2)47-17-15-34(29)57-28-13-14-38(48-23-28)50-43(53)40-39(41-30(42(45)52)19-27(22-49-41)32-11-6-7-16-46-32)31(37-12-8-18-58-37)25-51(44(40)54)24-26-9-4-3-5-10-26/h3-10,12-23,25,32H,11,24H2,1-2H3,(H2,45,52)(H,48,50,53). The molecule has 1 aliphatic rings. The molecule has 3 N–H and O–H groups in total. The quantitative estimate of drug-likeness (QED) is 0.125. The summed E-state index contributed by atoms with van der Waals surface area (Å²) in [5.41, 5.74) is 8.16. The Morgan fingerprint density at radius 1 is 0.931 bits per heavy atom. The number of nitrogens with zero attached hydrogens (tertiary/aromatic N) is 5. The minimum absolute atomic E-state index is 0.0497. The molecule has 1 atom stereocenters. The van der Waals surface area contributed by atoms with Crippen molar-refractivity contribution in [2.75, 3.05) is 19.5 Å². The largest absolute Gasteiger partial charge is 0.493 e. The monoisotopic (exact) mass is 789 g/mol. The minimum Gasteiger partial charge on any atom is -0.493 e. The summed E-state index contributed by atoms with van der Waals surface area (Å²) >= 11 is 1.42. The van der Waals surface area contributed by atoms with Crippen molar-refractivity contribution in [2.24, 2.45) is 10.7 Å². The Kier molecular flexibility index (Phi) is 10.6. The average Bonchev–Trinajstić information content (AvgIpc) is 3.80. The van der Waals surface area contributed by atoms with Crippen LogP contribution in [0, 0.1) is 0 Å². The number of aromatic nitrogens is 4. The molecule has 0 saturated carbocycles. The van der Waals surface area contributed by atoms with E-state index in [2.05, 4.69) is 20.3 Å². The van der Waals surface area contributed by atoms with Gasteiger partial charge in [-0.3, -0.25) is 29.3 Å². The predicted octanol–water partition coefficient (Wildman–Crippen LogP) is 7.86. The van der Waals surface area contributed by atoms with Gasteiger partial charge in [-0.2, -0.15) is 0 Å². The van der Waals surface area contributed by atoms with E-state index in [0.717, 1.165) is 10.4 Å². The normalized spacial score (nSPS) is 13.3. The number of fused-ring (bicyclic) bond motifs is 1. The van der Waals surface area contributed by atoms with Crippen LogP contribution in [0.25, 0.3) is 32.6 Å². The van der Waals surface area contributed by atoms with Crippen molar-refractivity contribution in [1.82, 2.24) is 19.5 Å². The highest BCUT2D eigenvalue weighted by Crippen LogP contribution is 2.39. The number of carbonyl (C=O) groups excluding carboxylic acids is 2. The van der Waals surface area contributed by atoms with Crippen molar-refractivity contribution in [1.29, 1.82) is 0 Å². The Hall–Kier alpha value is -7.45. The number of carbonyl (C=O) groups is 2. The summed E-state index contributed by atoms with van der Waals surface area (Å²) in [6.45, 7) is 0.174. The Labute approximate surface area is 336 Å².